The SMILES string of the molecule is Cc1cc(C)c(NC(=O)CSC2=NNC3C4CC(c5ccc(C)c(C)c5)NN4C=CN23)c(C)c1. The van der Waals surface area contributed by atoms with E-state index in [9.17, 15) is 4.79 Å². The first-order valence-corrected chi connectivity index (χ1v) is 12.7. The number of aryl methyl sites for hydroxylation is 5. The molecule has 1 amide bonds. The molecule has 34 heavy (non-hydrogen) atoms. The van der Waals surface area contributed by atoms with E-state index in [0.29, 0.717) is 5.75 Å². The molecule has 3 heterocycles. The number of amidine groups is 1. The Balaban J connectivity index is 1.20. The second kappa shape index (κ2) is 9.00. The second-order valence-corrected chi connectivity index (χ2v) is 10.5. The minimum Gasteiger partial charge on any atom is -0.325 e. The van der Waals surface area contributed by atoms with Gasteiger partial charge in [0, 0.05) is 18.1 Å². The van der Waals surface area contributed by atoms with E-state index in [1.54, 1.807) is 0 Å². The lowest BCUT2D eigenvalue weighted by Gasteiger charge is -2.36. The van der Waals surface area contributed by atoms with Gasteiger partial charge in [0.05, 0.1) is 17.8 Å². The van der Waals surface area contributed by atoms with Crippen molar-refractivity contribution in [1.82, 2.24) is 20.8 Å². The third kappa shape index (κ3) is 4.28. The van der Waals surface area contributed by atoms with Gasteiger partial charge in [-0.05, 0) is 68.9 Å². The molecule has 1 fully saturated rings. The summed E-state index contributed by atoms with van der Waals surface area (Å²) in [6.45, 7) is 10.4. The molecule has 178 valence electrons. The van der Waals surface area contributed by atoms with Crippen LogP contribution < -0.4 is 16.2 Å². The Bertz CT molecular complexity index is 1170. The number of carbonyl (C=O) groups is 1. The number of thioether (sulfide) groups is 1. The second-order valence-electron chi connectivity index (χ2n) is 9.52. The molecule has 0 spiro atoms. The third-order valence-corrected chi connectivity index (χ3v) is 7.88. The van der Waals surface area contributed by atoms with Crippen molar-refractivity contribution in [1.29, 1.82) is 0 Å². The summed E-state index contributed by atoms with van der Waals surface area (Å²) in [5.41, 5.74) is 15.1. The van der Waals surface area contributed by atoms with Crippen molar-refractivity contribution >= 4 is 28.5 Å². The highest BCUT2D eigenvalue weighted by Crippen LogP contribution is 2.35. The molecular weight excluding hydrogens is 444 g/mol. The molecule has 3 N–H and O–H groups in total. The Hall–Kier alpha value is -2.97. The van der Waals surface area contributed by atoms with Gasteiger partial charge in [0.15, 0.2) is 5.17 Å². The first kappa shape index (κ1) is 22.8. The molecule has 3 unspecified atom stereocenters. The maximum Gasteiger partial charge on any atom is 0.234 e. The maximum atomic E-state index is 12.7. The van der Waals surface area contributed by atoms with Crippen LogP contribution in [0.4, 0.5) is 5.69 Å². The molecule has 0 aliphatic carbocycles. The highest BCUT2D eigenvalue weighted by atomic mass is 32.2. The topological polar surface area (TPSA) is 72.0 Å². The van der Waals surface area contributed by atoms with Gasteiger partial charge in [0.25, 0.3) is 0 Å². The van der Waals surface area contributed by atoms with Crippen molar-refractivity contribution in [2.75, 3.05) is 11.1 Å². The number of hydrazone groups is 1. The number of nitrogens with one attached hydrogen (secondary N) is 3. The number of hydrogen-bond acceptors (Lipinski definition) is 7. The van der Waals surface area contributed by atoms with E-state index in [1.807, 2.05) is 20.0 Å². The van der Waals surface area contributed by atoms with Crippen LogP contribution in [-0.4, -0.2) is 38.9 Å². The molecular formula is C26H32N6OS. The first-order chi connectivity index (χ1) is 16.3. The van der Waals surface area contributed by atoms with Crippen LogP contribution in [0.15, 0.2) is 47.8 Å². The van der Waals surface area contributed by atoms with E-state index in [0.717, 1.165) is 28.4 Å². The summed E-state index contributed by atoms with van der Waals surface area (Å²) < 4.78 is 0. The Labute approximate surface area is 205 Å². The number of carbonyl (C=O) groups excluding carboxylic acids is 1. The fourth-order valence-corrected chi connectivity index (χ4v) is 5.80. The molecule has 0 bridgehead atoms. The molecule has 2 aromatic carbocycles. The molecule has 8 heteroatoms. The van der Waals surface area contributed by atoms with Crippen LogP contribution in [0, 0.1) is 34.6 Å². The van der Waals surface area contributed by atoms with Crippen molar-refractivity contribution in [2.45, 2.75) is 59.3 Å². The Morgan fingerprint density at radius 2 is 1.82 bits per heavy atom. The van der Waals surface area contributed by atoms with Gasteiger partial charge in [0.1, 0.15) is 6.17 Å². The number of nitrogens with zero attached hydrogens (tertiary/aromatic N) is 3. The average molecular weight is 477 g/mol. The molecule has 3 aliphatic rings. The molecule has 0 radical (unpaired) electrons. The number of hydrogen-bond donors (Lipinski definition) is 3. The smallest absolute Gasteiger partial charge is 0.234 e. The van der Waals surface area contributed by atoms with E-state index in [-0.39, 0.29) is 24.2 Å². The zero-order chi connectivity index (χ0) is 24.0. The summed E-state index contributed by atoms with van der Waals surface area (Å²) in [6.07, 6.45) is 5.13. The number of fused-ring (bicyclic) bond motifs is 3. The first-order valence-electron chi connectivity index (χ1n) is 11.7. The largest absolute Gasteiger partial charge is 0.325 e. The summed E-state index contributed by atoms with van der Waals surface area (Å²) in [7, 11) is 0. The van der Waals surface area contributed by atoms with Gasteiger partial charge in [-0.15, -0.1) is 0 Å². The average Bonchev–Trinajstić information content (AvgIpc) is 3.40. The quantitative estimate of drug-likeness (QED) is 0.614. The van der Waals surface area contributed by atoms with Gasteiger partial charge in [0.2, 0.25) is 5.91 Å². The van der Waals surface area contributed by atoms with Crippen molar-refractivity contribution in [2.24, 2.45) is 5.10 Å². The maximum absolute atomic E-state index is 12.7. The van der Waals surface area contributed by atoms with E-state index in [1.165, 1.54) is 34.0 Å². The molecule has 2 aromatic rings. The molecule has 3 aliphatic heterocycles. The van der Waals surface area contributed by atoms with Gasteiger partial charge in [-0.3, -0.25) is 10.2 Å². The van der Waals surface area contributed by atoms with Crippen LogP contribution in [0.25, 0.3) is 0 Å². The normalized spacial score (nSPS) is 22.9. The van der Waals surface area contributed by atoms with Gasteiger partial charge in [-0.25, -0.2) is 5.43 Å². The monoisotopic (exact) mass is 476 g/mol. The van der Waals surface area contributed by atoms with E-state index in [2.05, 4.69) is 88.5 Å². The number of benzene rings is 2. The minimum atomic E-state index is -0.0221. The number of anilines is 1. The predicted octanol–water partition coefficient (Wildman–Crippen LogP) is 4.21. The van der Waals surface area contributed by atoms with Crippen LogP contribution in [0.3, 0.4) is 0 Å². The highest BCUT2D eigenvalue weighted by Gasteiger charge is 2.44. The fourth-order valence-electron chi connectivity index (χ4n) is 5.03. The number of rotatable bonds is 4. The Kier molecular flexibility index (Phi) is 6.04. The van der Waals surface area contributed by atoms with Crippen LogP contribution in [0.1, 0.15) is 45.8 Å². The summed E-state index contributed by atoms with van der Waals surface area (Å²) in [6, 6.07) is 11.4. The van der Waals surface area contributed by atoms with Crippen molar-refractivity contribution in [3.8, 4) is 0 Å². The molecule has 7 nitrogen and oxygen atoms in total. The summed E-state index contributed by atoms with van der Waals surface area (Å²) in [5.74, 6) is 0.286. The number of hydrazine groups is 1. The third-order valence-electron chi connectivity index (χ3n) is 6.91. The Morgan fingerprint density at radius 1 is 1.06 bits per heavy atom. The Morgan fingerprint density at radius 3 is 2.56 bits per heavy atom. The van der Waals surface area contributed by atoms with Crippen LogP contribution >= 0.6 is 11.8 Å². The fraction of sp³-hybridized carbons (Fsp3) is 0.385. The lowest BCUT2D eigenvalue weighted by Crippen LogP contribution is -2.54. The molecule has 5 rings (SSSR count). The van der Waals surface area contributed by atoms with Crippen molar-refractivity contribution < 1.29 is 4.79 Å². The zero-order valence-corrected chi connectivity index (χ0v) is 21.2. The molecule has 0 saturated carbocycles. The molecule has 3 atom stereocenters. The van der Waals surface area contributed by atoms with Gasteiger partial charge >= 0.3 is 0 Å². The minimum absolute atomic E-state index is 0.0221. The van der Waals surface area contributed by atoms with Crippen LogP contribution in [0.5, 0.6) is 0 Å². The lowest BCUT2D eigenvalue weighted by molar-refractivity contribution is -0.113. The van der Waals surface area contributed by atoms with E-state index < -0.39 is 0 Å². The standard InChI is InChI=1S/C26H32N6OS/c1-15-10-18(4)24(19(5)11-15)27-23(33)14-34-26-29-28-25-22-13-21(30-32(22)9-8-31(25)26)20-7-6-16(2)17(3)12-20/h6-12,21-22,25,28,30H,13-14H2,1-5H3,(H,27,33). The van der Waals surface area contributed by atoms with E-state index >= 15 is 0 Å². The van der Waals surface area contributed by atoms with Crippen LogP contribution in [-0.2, 0) is 4.79 Å². The highest BCUT2D eigenvalue weighted by molar-refractivity contribution is 8.14. The van der Waals surface area contributed by atoms with E-state index in [4.69, 9.17) is 0 Å². The molecule has 1 saturated heterocycles. The summed E-state index contributed by atoms with van der Waals surface area (Å²) in [5, 5.41) is 10.7. The summed E-state index contributed by atoms with van der Waals surface area (Å²) >= 11 is 1.46. The van der Waals surface area contributed by atoms with Crippen molar-refractivity contribution in [3.05, 3.63) is 76.1 Å². The van der Waals surface area contributed by atoms with Gasteiger partial charge in [-0.2, -0.15) is 5.10 Å². The van der Waals surface area contributed by atoms with Gasteiger partial charge < -0.3 is 15.2 Å². The molecule has 0 aromatic heterocycles. The summed E-state index contributed by atoms with van der Waals surface area (Å²) in [4.78, 5) is 14.8. The lowest BCUT2D eigenvalue weighted by atomic mass is 9.97. The number of amides is 1. The predicted molar refractivity (Wildman–Crippen MR) is 139 cm³/mol. The van der Waals surface area contributed by atoms with Crippen LogP contribution in [0.2, 0.25) is 0 Å². The zero-order valence-electron chi connectivity index (χ0n) is 20.3. The van der Waals surface area contributed by atoms with Gasteiger partial charge in [-0.1, -0.05) is 47.7 Å². The van der Waals surface area contributed by atoms with Crippen molar-refractivity contribution in [3.63, 3.8) is 0 Å².